The fourth-order valence-corrected chi connectivity index (χ4v) is 4.25. The van der Waals surface area contributed by atoms with Crippen molar-refractivity contribution < 1.29 is 17.7 Å². The van der Waals surface area contributed by atoms with Gasteiger partial charge in [-0.3, -0.25) is 0 Å². The van der Waals surface area contributed by atoms with Crippen LogP contribution in [0.5, 0.6) is 5.75 Å². The van der Waals surface area contributed by atoms with Crippen molar-refractivity contribution in [3.05, 3.63) is 36.0 Å². The number of aromatic nitrogens is 2. The molecule has 0 amide bonds. The average Bonchev–Trinajstić information content (AvgIpc) is 3.16. The second-order valence-corrected chi connectivity index (χ2v) is 7.09. The third-order valence-corrected chi connectivity index (χ3v) is 5.63. The molecule has 0 saturated carbocycles. The van der Waals surface area contributed by atoms with Crippen molar-refractivity contribution in [1.82, 2.24) is 14.4 Å². The van der Waals surface area contributed by atoms with Crippen molar-refractivity contribution in [2.45, 2.75) is 24.2 Å². The first kappa shape index (κ1) is 15.0. The fraction of sp³-hybridized carbons (Fsp3) is 0.429. The smallest absolute Gasteiger partial charge is 0.246 e. The Morgan fingerprint density at radius 2 is 2.14 bits per heavy atom. The lowest BCUT2D eigenvalue weighted by Gasteiger charge is -2.17. The average molecular weight is 323 g/mol. The Balaban J connectivity index is 1.85. The van der Waals surface area contributed by atoms with E-state index in [-0.39, 0.29) is 10.8 Å². The normalized spacial score (nSPS) is 19.5. The van der Waals surface area contributed by atoms with Gasteiger partial charge in [0.15, 0.2) is 5.82 Å². The summed E-state index contributed by atoms with van der Waals surface area (Å²) >= 11 is 0. The molecule has 8 heteroatoms. The molecule has 1 aliphatic heterocycles. The van der Waals surface area contributed by atoms with Gasteiger partial charge in [0, 0.05) is 13.1 Å². The lowest BCUT2D eigenvalue weighted by Crippen LogP contribution is -2.29. The van der Waals surface area contributed by atoms with Gasteiger partial charge in [-0.15, -0.1) is 0 Å². The van der Waals surface area contributed by atoms with E-state index < -0.39 is 10.0 Å². The molecule has 22 heavy (non-hydrogen) atoms. The van der Waals surface area contributed by atoms with Gasteiger partial charge in [-0.05, 0) is 25.5 Å². The molecule has 118 valence electrons. The van der Waals surface area contributed by atoms with Crippen molar-refractivity contribution in [3.8, 4) is 5.75 Å². The number of aryl methyl sites for hydroxylation is 1. The highest BCUT2D eigenvalue weighted by Crippen LogP contribution is 2.33. The summed E-state index contributed by atoms with van der Waals surface area (Å²) in [7, 11) is -2.14. The van der Waals surface area contributed by atoms with Crippen molar-refractivity contribution in [1.29, 1.82) is 0 Å². The summed E-state index contributed by atoms with van der Waals surface area (Å²) in [5.74, 6) is 1.33. The molecule has 1 aromatic carbocycles. The van der Waals surface area contributed by atoms with Crippen molar-refractivity contribution in [2.75, 3.05) is 20.2 Å². The number of hydrogen-bond acceptors (Lipinski definition) is 6. The number of rotatable bonds is 4. The standard InChI is InChI=1S/C14H17N3O4S/c1-10-15-14(21-16-10)11-7-8-17(9-11)22(18,19)13-6-4-3-5-12(13)20-2/h3-6,11H,7-9H2,1-2H3. The van der Waals surface area contributed by atoms with Gasteiger partial charge >= 0.3 is 0 Å². The summed E-state index contributed by atoms with van der Waals surface area (Å²) < 4.78 is 37.3. The largest absolute Gasteiger partial charge is 0.495 e. The first-order chi connectivity index (χ1) is 10.5. The molecule has 1 unspecified atom stereocenters. The maximum Gasteiger partial charge on any atom is 0.246 e. The molecule has 0 radical (unpaired) electrons. The quantitative estimate of drug-likeness (QED) is 0.849. The molecule has 1 atom stereocenters. The molecule has 7 nitrogen and oxygen atoms in total. The number of benzene rings is 1. The van der Waals surface area contributed by atoms with Crippen LogP contribution in [0.2, 0.25) is 0 Å². The van der Waals surface area contributed by atoms with Gasteiger partial charge < -0.3 is 9.26 Å². The van der Waals surface area contributed by atoms with E-state index in [1.54, 1.807) is 31.2 Å². The molecule has 3 rings (SSSR count). The molecule has 0 N–H and O–H groups in total. The summed E-state index contributed by atoms with van der Waals surface area (Å²) in [5, 5.41) is 3.76. The summed E-state index contributed by atoms with van der Waals surface area (Å²) in [6, 6.07) is 6.62. The third kappa shape index (κ3) is 2.59. The highest BCUT2D eigenvalue weighted by atomic mass is 32.2. The molecule has 1 aromatic heterocycles. The van der Waals surface area contributed by atoms with Crippen LogP contribution in [0.25, 0.3) is 0 Å². The van der Waals surface area contributed by atoms with Gasteiger partial charge in [0.1, 0.15) is 10.6 Å². The summed E-state index contributed by atoms with van der Waals surface area (Å²) in [6.07, 6.45) is 0.663. The Morgan fingerprint density at radius 3 is 2.82 bits per heavy atom. The minimum atomic E-state index is -3.60. The van der Waals surface area contributed by atoms with E-state index >= 15 is 0 Å². The zero-order valence-electron chi connectivity index (χ0n) is 12.4. The molecule has 0 bridgehead atoms. The predicted octanol–water partition coefficient (Wildman–Crippen LogP) is 1.56. The third-order valence-electron chi connectivity index (χ3n) is 3.73. The van der Waals surface area contributed by atoms with E-state index in [1.807, 2.05) is 0 Å². The van der Waals surface area contributed by atoms with Crippen LogP contribution >= 0.6 is 0 Å². The minimum Gasteiger partial charge on any atom is -0.495 e. The minimum absolute atomic E-state index is 0.0642. The molecule has 0 aliphatic carbocycles. The van der Waals surface area contributed by atoms with E-state index in [0.717, 1.165) is 0 Å². The van der Waals surface area contributed by atoms with Crippen LogP contribution in [0.1, 0.15) is 24.1 Å². The lowest BCUT2D eigenvalue weighted by molar-refractivity contribution is 0.351. The van der Waals surface area contributed by atoms with E-state index in [9.17, 15) is 8.42 Å². The van der Waals surface area contributed by atoms with Crippen LogP contribution in [0.15, 0.2) is 33.7 Å². The van der Waals surface area contributed by atoms with Crippen molar-refractivity contribution in [2.24, 2.45) is 0 Å². The topological polar surface area (TPSA) is 85.5 Å². The fourth-order valence-electron chi connectivity index (χ4n) is 2.60. The zero-order valence-corrected chi connectivity index (χ0v) is 13.2. The molecular formula is C14H17N3O4S. The lowest BCUT2D eigenvalue weighted by atomic mass is 10.1. The van der Waals surface area contributed by atoms with E-state index in [0.29, 0.717) is 37.0 Å². The van der Waals surface area contributed by atoms with Gasteiger partial charge in [-0.2, -0.15) is 9.29 Å². The number of para-hydroxylation sites is 1. The second kappa shape index (κ2) is 5.69. The summed E-state index contributed by atoms with van der Waals surface area (Å²) in [6.45, 7) is 2.50. The number of ether oxygens (including phenoxy) is 1. The predicted molar refractivity (Wildman–Crippen MR) is 78.1 cm³/mol. The number of sulfonamides is 1. The van der Waals surface area contributed by atoms with Crippen LogP contribution in [-0.4, -0.2) is 43.1 Å². The van der Waals surface area contributed by atoms with E-state index in [4.69, 9.17) is 9.26 Å². The Morgan fingerprint density at radius 1 is 1.36 bits per heavy atom. The highest BCUT2D eigenvalue weighted by Gasteiger charge is 2.36. The highest BCUT2D eigenvalue weighted by molar-refractivity contribution is 7.89. The Bertz CT molecular complexity index is 772. The van der Waals surface area contributed by atoms with Crippen LogP contribution in [0.3, 0.4) is 0 Å². The maximum atomic E-state index is 12.8. The van der Waals surface area contributed by atoms with Gasteiger partial charge in [0.25, 0.3) is 0 Å². The van der Waals surface area contributed by atoms with E-state index in [1.165, 1.54) is 11.4 Å². The van der Waals surface area contributed by atoms with Gasteiger partial charge in [0.05, 0.1) is 13.0 Å². The maximum absolute atomic E-state index is 12.8. The molecule has 2 heterocycles. The van der Waals surface area contributed by atoms with Crippen LogP contribution < -0.4 is 4.74 Å². The molecule has 1 fully saturated rings. The SMILES string of the molecule is COc1ccccc1S(=O)(=O)N1CCC(c2nc(C)no2)C1. The number of nitrogens with zero attached hydrogens (tertiary/aromatic N) is 3. The first-order valence-electron chi connectivity index (χ1n) is 6.95. The van der Waals surface area contributed by atoms with Crippen molar-refractivity contribution >= 4 is 10.0 Å². The summed E-state index contributed by atoms with van der Waals surface area (Å²) in [4.78, 5) is 4.37. The molecule has 1 aliphatic rings. The van der Waals surface area contributed by atoms with E-state index in [2.05, 4.69) is 10.1 Å². The monoisotopic (exact) mass is 323 g/mol. The summed E-state index contributed by atoms with van der Waals surface area (Å²) in [5.41, 5.74) is 0. The Hall–Kier alpha value is -1.93. The second-order valence-electron chi connectivity index (χ2n) is 5.18. The number of hydrogen-bond donors (Lipinski definition) is 0. The Kier molecular flexibility index (Phi) is 3.88. The van der Waals surface area contributed by atoms with Gasteiger partial charge in [0.2, 0.25) is 15.9 Å². The molecule has 0 spiro atoms. The molecular weight excluding hydrogens is 306 g/mol. The van der Waals surface area contributed by atoms with Crippen LogP contribution in [0.4, 0.5) is 0 Å². The van der Waals surface area contributed by atoms with Crippen LogP contribution in [-0.2, 0) is 10.0 Å². The Labute approximate surface area is 128 Å². The van der Waals surface area contributed by atoms with Gasteiger partial charge in [-0.25, -0.2) is 8.42 Å². The van der Waals surface area contributed by atoms with Gasteiger partial charge in [-0.1, -0.05) is 17.3 Å². The molecule has 1 saturated heterocycles. The van der Waals surface area contributed by atoms with Crippen LogP contribution in [0, 0.1) is 6.92 Å². The first-order valence-corrected chi connectivity index (χ1v) is 8.39. The number of methoxy groups -OCH3 is 1. The zero-order chi connectivity index (χ0) is 15.7. The molecule has 2 aromatic rings. The van der Waals surface area contributed by atoms with Crippen molar-refractivity contribution in [3.63, 3.8) is 0 Å².